The Kier molecular flexibility index (Phi) is 7.99. The van der Waals surface area contributed by atoms with Gasteiger partial charge in [-0.1, -0.05) is 18.7 Å². The lowest BCUT2D eigenvalue weighted by molar-refractivity contribution is -0.111. The average molecular weight is 543 g/mol. The molecule has 3 heterocycles. The van der Waals surface area contributed by atoms with E-state index >= 15 is 0 Å². The van der Waals surface area contributed by atoms with E-state index in [4.69, 9.17) is 4.74 Å². The first-order chi connectivity index (χ1) is 19.5. The minimum Gasteiger partial charge on any atom is -0.495 e. The molecule has 40 heavy (non-hydrogen) atoms. The van der Waals surface area contributed by atoms with E-state index in [0.717, 1.165) is 37.6 Å². The summed E-state index contributed by atoms with van der Waals surface area (Å²) < 4.78 is 5.68. The Morgan fingerprint density at radius 2 is 1.98 bits per heavy atom. The fourth-order valence-corrected chi connectivity index (χ4v) is 4.57. The minimum atomic E-state index is -0.471. The zero-order valence-corrected chi connectivity index (χ0v) is 22.1. The summed E-state index contributed by atoms with van der Waals surface area (Å²) in [6.07, 6.45) is 2.61. The second-order valence-corrected chi connectivity index (χ2v) is 9.18. The van der Waals surface area contributed by atoms with Crippen LogP contribution in [0.1, 0.15) is 0 Å². The van der Waals surface area contributed by atoms with Gasteiger partial charge in [0.1, 0.15) is 22.6 Å². The summed E-state index contributed by atoms with van der Waals surface area (Å²) in [6, 6.07) is 12.7. The van der Waals surface area contributed by atoms with E-state index < -0.39 is 5.56 Å². The minimum absolute atomic E-state index is 0.162. The van der Waals surface area contributed by atoms with Gasteiger partial charge in [-0.25, -0.2) is 4.98 Å². The van der Waals surface area contributed by atoms with Crippen molar-refractivity contribution in [3.8, 4) is 17.1 Å². The van der Waals surface area contributed by atoms with Gasteiger partial charge in [0.05, 0.1) is 19.4 Å². The maximum absolute atomic E-state index is 12.7. The van der Waals surface area contributed by atoms with Gasteiger partial charge in [0.2, 0.25) is 11.9 Å². The first kappa shape index (κ1) is 26.8. The van der Waals surface area contributed by atoms with E-state index in [0.29, 0.717) is 41.0 Å². The number of amides is 1. The predicted octanol–water partition coefficient (Wildman–Crippen LogP) is 2.37. The standard InChI is InChI=1S/C28H30N8O4/c1-3-24(38)30-19-6-4-5-18(15-19)25-32-26-21(27(39)33-25)17-29-28(34-26)31-20-7-8-22(23(16-20)40-2)36-11-9-35(10-12-36)13-14-37/h3-8,15-17,37H,1,9-14H2,2H3,(H,30,38)(H2,29,31,32,33,34,39). The summed E-state index contributed by atoms with van der Waals surface area (Å²) in [6.45, 7) is 7.72. The highest BCUT2D eigenvalue weighted by atomic mass is 16.5. The van der Waals surface area contributed by atoms with Crippen molar-refractivity contribution in [1.82, 2.24) is 24.8 Å². The number of hydrogen-bond acceptors (Lipinski definition) is 10. The van der Waals surface area contributed by atoms with Crippen LogP contribution in [0, 0.1) is 0 Å². The lowest BCUT2D eigenvalue weighted by Gasteiger charge is -2.36. The normalized spacial score (nSPS) is 13.7. The molecular formula is C28H30N8O4. The van der Waals surface area contributed by atoms with Crippen molar-refractivity contribution in [2.75, 3.05) is 62.0 Å². The van der Waals surface area contributed by atoms with Gasteiger partial charge in [0.15, 0.2) is 0 Å². The number of anilines is 4. The third kappa shape index (κ3) is 5.92. The number of aromatic amines is 1. The van der Waals surface area contributed by atoms with Crippen LogP contribution in [0.5, 0.6) is 5.75 Å². The average Bonchev–Trinajstić information content (AvgIpc) is 2.97. The number of benzene rings is 2. The van der Waals surface area contributed by atoms with Crippen LogP contribution in [-0.4, -0.2) is 82.3 Å². The van der Waals surface area contributed by atoms with E-state index in [1.165, 1.54) is 12.3 Å². The van der Waals surface area contributed by atoms with Crippen molar-refractivity contribution < 1.29 is 14.6 Å². The first-order valence-electron chi connectivity index (χ1n) is 12.8. The number of aromatic nitrogens is 4. The molecule has 1 aliphatic heterocycles. The number of nitrogens with one attached hydrogen (secondary N) is 3. The van der Waals surface area contributed by atoms with Gasteiger partial charge in [-0.05, 0) is 30.3 Å². The number of piperazine rings is 1. The highest BCUT2D eigenvalue weighted by Gasteiger charge is 2.20. The zero-order valence-electron chi connectivity index (χ0n) is 22.1. The molecule has 0 unspecified atom stereocenters. The second-order valence-electron chi connectivity index (χ2n) is 9.18. The summed E-state index contributed by atoms with van der Waals surface area (Å²) in [5, 5.41) is 15.3. The molecule has 0 radical (unpaired) electrons. The van der Waals surface area contributed by atoms with Gasteiger partial charge >= 0.3 is 0 Å². The molecule has 5 rings (SSSR count). The molecular weight excluding hydrogens is 512 g/mol. The summed E-state index contributed by atoms with van der Waals surface area (Å²) in [5.74, 6) is 0.970. The number of rotatable bonds is 9. The van der Waals surface area contributed by atoms with Crippen LogP contribution in [-0.2, 0) is 4.79 Å². The Morgan fingerprint density at radius 1 is 1.15 bits per heavy atom. The molecule has 0 bridgehead atoms. The highest BCUT2D eigenvalue weighted by Crippen LogP contribution is 2.33. The maximum atomic E-state index is 12.7. The molecule has 0 saturated carbocycles. The SMILES string of the molecule is C=CC(=O)Nc1cccc(-c2nc(=O)c3cnc(Nc4ccc(N5CCN(CCO)CC5)c(OC)c4)nc3[nH]2)c1. The summed E-state index contributed by atoms with van der Waals surface area (Å²) in [5.41, 5.74) is 2.70. The number of hydrogen-bond donors (Lipinski definition) is 4. The van der Waals surface area contributed by atoms with Crippen molar-refractivity contribution in [2.24, 2.45) is 0 Å². The van der Waals surface area contributed by atoms with Crippen LogP contribution in [0.25, 0.3) is 22.4 Å². The molecule has 0 atom stereocenters. The second kappa shape index (κ2) is 11.9. The Hall–Kier alpha value is -4.81. The van der Waals surface area contributed by atoms with E-state index in [2.05, 4.69) is 46.9 Å². The number of nitrogens with zero attached hydrogens (tertiary/aromatic N) is 5. The van der Waals surface area contributed by atoms with Crippen LogP contribution < -0.4 is 25.8 Å². The van der Waals surface area contributed by atoms with Crippen LogP contribution in [0.15, 0.2) is 66.1 Å². The molecule has 4 aromatic rings. The van der Waals surface area contributed by atoms with Crippen molar-refractivity contribution in [1.29, 1.82) is 0 Å². The summed E-state index contributed by atoms with van der Waals surface area (Å²) in [4.78, 5) is 45.0. The van der Waals surface area contributed by atoms with E-state index in [-0.39, 0.29) is 17.9 Å². The molecule has 1 saturated heterocycles. The van der Waals surface area contributed by atoms with Crippen molar-refractivity contribution >= 4 is 40.0 Å². The maximum Gasteiger partial charge on any atom is 0.284 e. The Morgan fingerprint density at radius 3 is 2.73 bits per heavy atom. The van der Waals surface area contributed by atoms with Crippen LogP contribution in [0.2, 0.25) is 0 Å². The predicted molar refractivity (Wildman–Crippen MR) is 154 cm³/mol. The van der Waals surface area contributed by atoms with E-state index in [9.17, 15) is 14.7 Å². The molecule has 0 spiro atoms. The van der Waals surface area contributed by atoms with Gasteiger partial charge in [-0.3, -0.25) is 14.5 Å². The largest absolute Gasteiger partial charge is 0.495 e. The number of ether oxygens (including phenoxy) is 1. The number of methoxy groups -OCH3 is 1. The molecule has 12 nitrogen and oxygen atoms in total. The van der Waals surface area contributed by atoms with Gasteiger partial charge in [-0.2, -0.15) is 9.97 Å². The molecule has 206 valence electrons. The smallest absolute Gasteiger partial charge is 0.284 e. The number of carbonyl (C=O) groups is 1. The molecule has 1 fully saturated rings. The van der Waals surface area contributed by atoms with Crippen molar-refractivity contribution in [3.05, 3.63) is 71.7 Å². The molecule has 1 aliphatic rings. The number of carbonyl (C=O) groups excluding carboxylic acids is 1. The fourth-order valence-electron chi connectivity index (χ4n) is 4.57. The molecule has 1 amide bonds. The van der Waals surface area contributed by atoms with Crippen LogP contribution in [0.4, 0.5) is 23.0 Å². The number of aliphatic hydroxyl groups is 1. The lowest BCUT2D eigenvalue weighted by Crippen LogP contribution is -2.47. The Labute approximate surface area is 230 Å². The molecule has 4 N–H and O–H groups in total. The molecule has 0 aliphatic carbocycles. The van der Waals surface area contributed by atoms with Crippen molar-refractivity contribution in [2.45, 2.75) is 0 Å². The first-order valence-corrected chi connectivity index (χ1v) is 12.8. The quantitative estimate of drug-likeness (QED) is 0.232. The molecule has 2 aromatic carbocycles. The van der Waals surface area contributed by atoms with Crippen LogP contribution >= 0.6 is 0 Å². The number of fused-ring (bicyclic) bond motifs is 1. The third-order valence-electron chi connectivity index (χ3n) is 6.62. The van der Waals surface area contributed by atoms with Crippen LogP contribution in [0.3, 0.4) is 0 Å². The number of aliphatic hydroxyl groups excluding tert-OH is 1. The lowest BCUT2D eigenvalue weighted by atomic mass is 10.2. The monoisotopic (exact) mass is 542 g/mol. The number of H-pyrrole nitrogens is 1. The topological polar surface area (TPSA) is 149 Å². The Bertz CT molecular complexity index is 1600. The van der Waals surface area contributed by atoms with Gasteiger partial charge in [0.25, 0.3) is 5.56 Å². The van der Waals surface area contributed by atoms with Gasteiger partial charge in [0, 0.05) is 61.9 Å². The summed E-state index contributed by atoms with van der Waals surface area (Å²) in [7, 11) is 1.63. The highest BCUT2D eigenvalue weighted by molar-refractivity contribution is 5.99. The van der Waals surface area contributed by atoms with E-state index in [1.54, 1.807) is 31.4 Å². The Balaban J connectivity index is 1.38. The molecule has 2 aromatic heterocycles. The van der Waals surface area contributed by atoms with Gasteiger partial charge in [-0.15, -0.1) is 0 Å². The van der Waals surface area contributed by atoms with Gasteiger partial charge < -0.3 is 30.4 Å². The number of β-amino-alcohol motifs (C(OH)–C–C–N with tert-alkyl or cyclic N) is 1. The molecule has 12 heteroatoms. The van der Waals surface area contributed by atoms with Crippen molar-refractivity contribution in [3.63, 3.8) is 0 Å². The summed E-state index contributed by atoms with van der Waals surface area (Å²) >= 11 is 0. The zero-order chi connectivity index (χ0) is 28.1. The fraction of sp³-hybridized carbons (Fsp3) is 0.250. The third-order valence-corrected chi connectivity index (χ3v) is 6.62. The van der Waals surface area contributed by atoms with E-state index in [1.807, 2.05) is 18.2 Å².